The van der Waals surface area contributed by atoms with Crippen molar-refractivity contribution in [1.82, 2.24) is 5.06 Å². The molecule has 162 valence electrons. The number of carboxylic acids is 1. The minimum absolute atomic E-state index is 0.0951. The molecule has 32 heavy (non-hydrogen) atoms. The van der Waals surface area contributed by atoms with Crippen LogP contribution in [0.5, 0.6) is 0 Å². The molecule has 3 aromatic rings. The molecule has 7 nitrogen and oxygen atoms in total. The smallest absolute Gasteiger partial charge is 0.337 e. The van der Waals surface area contributed by atoms with Crippen LogP contribution in [-0.2, 0) is 21.0 Å². The van der Waals surface area contributed by atoms with Crippen molar-refractivity contribution in [2.45, 2.75) is 18.6 Å². The SMILES string of the molecule is COC(=O)c1ccc(C2C(C(=O)O)c3ccccc3C(=O)N2OCc2ccccc2)cc1. The van der Waals surface area contributed by atoms with E-state index in [1.54, 1.807) is 48.5 Å². The highest BCUT2D eigenvalue weighted by Gasteiger charge is 2.45. The normalized spacial score (nSPS) is 17.5. The predicted molar refractivity (Wildman–Crippen MR) is 115 cm³/mol. The minimum atomic E-state index is -1.08. The Bertz CT molecular complexity index is 1140. The number of carboxylic acid groups (broad SMARTS) is 1. The third-order valence-electron chi connectivity index (χ3n) is 5.45. The van der Waals surface area contributed by atoms with Crippen molar-refractivity contribution < 1.29 is 29.1 Å². The average Bonchev–Trinajstić information content (AvgIpc) is 2.83. The molecule has 1 aliphatic heterocycles. The summed E-state index contributed by atoms with van der Waals surface area (Å²) in [5.41, 5.74) is 2.40. The fraction of sp³-hybridized carbons (Fsp3) is 0.160. The van der Waals surface area contributed by atoms with Crippen LogP contribution in [0, 0.1) is 0 Å². The van der Waals surface area contributed by atoms with Gasteiger partial charge in [-0.05, 0) is 34.9 Å². The summed E-state index contributed by atoms with van der Waals surface area (Å²) in [6.45, 7) is 0.0951. The second-order valence-electron chi connectivity index (χ2n) is 7.35. The number of esters is 1. The molecule has 0 aliphatic carbocycles. The van der Waals surface area contributed by atoms with Crippen molar-refractivity contribution in [3.8, 4) is 0 Å². The summed E-state index contributed by atoms with van der Waals surface area (Å²) in [4.78, 5) is 43.4. The Labute approximate surface area is 184 Å². The van der Waals surface area contributed by atoms with E-state index in [1.807, 2.05) is 30.3 Å². The fourth-order valence-corrected chi connectivity index (χ4v) is 3.90. The van der Waals surface area contributed by atoms with E-state index in [2.05, 4.69) is 0 Å². The highest BCUT2D eigenvalue weighted by Crippen LogP contribution is 2.43. The Kier molecular flexibility index (Phi) is 6.00. The lowest BCUT2D eigenvalue weighted by Gasteiger charge is -2.39. The molecule has 1 aliphatic rings. The number of hydroxylamine groups is 2. The van der Waals surface area contributed by atoms with Gasteiger partial charge in [-0.3, -0.25) is 14.4 Å². The molecule has 2 atom stereocenters. The maximum absolute atomic E-state index is 13.3. The van der Waals surface area contributed by atoms with E-state index in [-0.39, 0.29) is 12.2 Å². The molecule has 1 amide bonds. The van der Waals surface area contributed by atoms with Crippen LogP contribution in [0.3, 0.4) is 0 Å². The first-order valence-electron chi connectivity index (χ1n) is 10.0. The first-order chi connectivity index (χ1) is 15.5. The van der Waals surface area contributed by atoms with Gasteiger partial charge in [0.1, 0.15) is 18.6 Å². The van der Waals surface area contributed by atoms with Gasteiger partial charge in [0.05, 0.1) is 12.7 Å². The van der Waals surface area contributed by atoms with E-state index < -0.39 is 29.8 Å². The largest absolute Gasteiger partial charge is 0.481 e. The summed E-state index contributed by atoms with van der Waals surface area (Å²) < 4.78 is 4.73. The van der Waals surface area contributed by atoms with Crippen LogP contribution in [0.25, 0.3) is 0 Å². The Morgan fingerprint density at radius 3 is 2.25 bits per heavy atom. The van der Waals surface area contributed by atoms with Crippen molar-refractivity contribution in [1.29, 1.82) is 0 Å². The van der Waals surface area contributed by atoms with E-state index in [4.69, 9.17) is 9.57 Å². The molecule has 0 bridgehead atoms. The van der Waals surface area contributed by atoms with E-state index in [0.29, 0.717) is 16.7 Å². The number of amides is 1. The van der Waals surface area contributed by atoms with Crippen molar-refractivity contribution >= 4 is 17.8 Å². The topological polar surface area (TPSA) is 93.1 Å². The molecule has 1 N–H and O–H groups in total. The van der Waals surface area contributed by atoms with Crippen LogP contribution in [0.1, 0.15) is 49.4 Å². The molecular weight excluding hydrogens is 410 g/mol. The monoisotopic (exact) mass is 431 g/mol. The number of benzene rings is 3. The first-order valence-corrected chi connectivity index (χ1v) is 10.0. The average molecular weight is 431 g/mol. The number of rotatable bonds is 6. The molecule has 1 heterocycles. The summed E-state index contributed by atoms with van der Waals surface area (Å²) in [7, 11) is 1.28. The number of carbonyl (C=O) groups is 3. The molecule has 0 radical (unpaired) electrons. The molecule has 2 unspecified atom stereocenters. The number of carbonyl (C=O) groups excluding carboxylic acids is 2. The molecule has 3 aromatic carbocycles. The second kappa shape index (κ2) is 9.03. The van der Waals surface area contributed by atoms with Crippen LogP contribution >= 0.6 is 0 Å². The van der Waals surface area contributed by atoms with Crippen molar-refractivity contribution in [2.75, 3.05) is 7.11 Å². The van der Waals surface area contributed by atoms with Gasteiger partial charge in [-0.1, -0.05) is 60.7 Å². The number of ether oxygens (including phenoxy) is 1. The van der Waals surface area contributed by atoms with E-state index in [1.165, 1.54) is 7.11 Å². The number of aliphatic carboxylic acids is 1. The lowest BCUT2D eigenvalue weighted by Crippen LogP contribution is -2.44. The number of hydrogen-bond donors (Lipinski definition) is 1. The zero-order valence-electron chi connectivity index (χ0n) is 17.3. The van der Waals surface area contributed by atoms with Crippen molar-refractivity contribution in [3.63, 3.8) is 0 Å². The summed E-state index contributed by atoms with van der Waals surface area (Å²) in [5.74, 6) is -3.06. The van der Waals surface area contributed by atoms with Crippen molar-refractivity contribution in [2.24, 2.45) is 0 Å². The lowest BCUT2D eigenvalue weighted by molar-refractivity contribution is -0.176. The van der Waals surface area contributed by atoms with Gasteiger partial charge in [-0.15, -0.1) is 0 Å². The Balaban J connectivity index is 1.78. The van der Waals surface area contributed by atoms with Crippen LogP contribution in [0.2, 0.25) is 0 Å². The van der Waals surface area contributed by atoms with Gasteiger partial charge in [0, 0.05) is 5.56 Å². The van der Waals surface area contributed by atoms with E-state index in [9.17, 15) is 19.5 Å². The van der Waals surface area contributed by atoms with Gasteiger partial charge >= 0.3 is 11.9 Å². The second-order valence-corrected chi connectivity index (χ2v) is 7.35. The molecule has 0 saturated heterocycles. The van der Waals surface area contributed by atoms with Gasteiger partial charge in [0.2, 0.25) is 0 Å². The summed E-state index contributed by atoms with van der Waals surface area (Å²) in [6.07, 6.45) is 0. The van der Waals surface area contributed by atoms with Crippen molar-refractivity contribution in [3.05, 3.63) is 107 Å². The molecule has 0 fully saturated rings. The van der Waals surface area contributed by atoms with Crippen LogP contribution in [0.15, 0.2) is 78.9 Å². The van der Waals surface area contributed by atoms with Crippen LogP contribution in [-0.4, -0.2) is 35.1 Å². The number of hydrogen-bond acceptors (Lipinski definition) is 5. The maximum atomic E-state index is 13.3. The van der Waals surface area contributed by atoms with Gasteiger partial charge in [-0.2, -0.15) is 0 Å². The van der Waals surface area contributed by atoms with Crippen LogP contribution < -0.4 is 0 Å². The third kappa shape index (κ3) is 3.98. The lowest BCUT2D eigenvalue weighted by atomic mass is 9.80. The van der Waals surface area contributed by atoms with Gasteiger partial charge in [0.25, 0.3) is 5.91 Å². The predicted octanol–water partition coefficient (Wildman–Crippen LogP) is 3.97. The quantitative estimate of drug-likeness (QED) is 0.594. The van der Waals surface area contributed by atoms with Gasteiger partial charge in [-0.25, -0.2) is 9.86 Å². The fourth-order valence-electron chi connectivity index (χ4n) is 3.90. The zero-order valence-corrected chi connectivity index (χ0v) is 17.3. The van der Waals surface area contributed by atoms with E-state index in [0.717, 1.165) is 10.6 Å². The van der Waals surface area contributed by atoms with Gasteiger partial charge in [0.15, 0.2) is 0 Å². The Hall–Kier alpha value is -3.97. The molecule has 0 spiro atoms. The third-order valence-corrected chi connectivity index (χ3v) is 5.45. The van der Waals surface area contributed by atoms with Gasteiger partial charge < -0.3 is 9.84 Å². The summed E-state index contributed by atoms with van der Waals surface area (Å²) in [6, 6.07) is 21.3. The summed E-state index contributed by atoms with van der Waals surface area (Å²) >= 11 is 0. The highest BCUT2D eigenvalue weighted by molar-refractivity contribution is 5.99. The summed E-state index contributed by atoms with van der Waals surface area (Å²) in [5, 5.41) is 11.3. The molecule has 7 heteroatoms. The Morgan fingerprint density at radius 1 is 0.938 bits per heavy atom. The first kappa shape index (κ1) is 21.3. The number of methoxy groups -OCH3 is 1. The van der Waals surface area contributed by atoms with Crippen LogP contribution in [0.4, 0.5) is 0 Å². The number of nitrogens with zero attached hydrogens (tertiary/aromatic N) is 1. The Morgan fingerprint density at radius 2 is 1.59 bits per heavy atom. The molecular formula is C25H21NO6. The highest BCUT2D eigenvalue weighted by atomic mass is 16.7. The molecule has 0 saturated carbocycles. The molecule has 0 aromatic heterocycles. The maximum Gasteiger partial charge on any atom is 0.337 e. The molecule has 4 rings (SSSR count). The standard InChI is InChI=1S/C25H21NO6/c1-31-25(30)18-13-11-17(12-14-18)22-21(24(28)29)19-9-5-6-10-20(19)23(27)26(22)32-15-16-7-3-2-4-8-16/h2-14,21-22H,15H2,1H3,(H,28,29). The minimum Gasteiger partial charge on any atom is -0.481 e. The number of fused-ring (bicyclic) bond motifs is 1. The van der Waals surface area contributed by atoms with E-state index >= 15 is 0 Å². The zero-order chi connectivity index (χ0) is 22.7.